The molecule has 1 heteroatoms. The normalized spacial score (nSPS) is 10.5. The fraction of sp³-hybridized carbons (Fsp3) is 0.500. The van der Waals surface area contributed by atoms with Gasteiger partial charge in [0.25, 0.3) is 0 Å². The summed E-state index contributed by atoms with van der Waals surface area (Å²) in [6, 6.07) is 8.63. The molecular formula is C12H19N. The summed E-state index contributed by atoms with van der Waals surface area (Å²) < 4.78 is 0. The van der Waals surface area contributed by atoms with Crippen LogP contribution in [0.2, 0.25) is 0 Å². The van der Waals surface area contributed by atoms with Gasteiger partial charge >= 0.3 is 0 Å². The van der Waals surface area contributed by atoms with Crippen LogP contribution >= 0.6 is 0 Å². The van der Waals surface area contributed by atoms with Crippen LogP contribution in [0.5, 0.6) is 0 Å². The van der Waals surface area contributed by atoms with Crippen molar-refractivity contribution in [3.8, 4) is 0 Å². The molecule has 1 aromatic carbocycles. The molecule has 0 radical (unpaired) electrons. The highest BCUT2D eigenvalue weighted by molar-refractivity contribution is 5.54. The molecule has 0 aliphatic carbocycles. The van der Waals surface area contributed by atoms with Gasteiger partial charge in [0.05, 0.1) is 0 Å². The minimum absolute atomic E-state index is 0.602. The number of benzene rings is 1. The van der Waals surface area contributed by atoms with Crippen LogP contribution in [-0.4, -0.2) is 13.6 Å². The van der Waals surface area contributed by atoms with Crippen LogP contribution in [0.25, 0.3) is 0 Å². The Kier molecular flexibility index (Phi) is 3.35. The summed E-state index contributed by atoms with van der Waals surface area (Å²) in [5.41, 5.74) is 2.80. The molecule has 1 aromatic rings. The number of hydrogen-bond acceptors (Lipinski definition) is 1. The number of rotatable bonds is 3. The summed E-state index contributed by atoms with van der Waals surface area (Å²) in [6.45, 7) is 7.71. The van der Waals surface area contributed by atoms with Crippen LogP contribution in [0.3, 0.4) is 0 Å². The molecule has 0 spiro atoms. The molecule has 1 nitrogen and oxygen atoms in total. The lowest BCUT2D eigenvalue weighted by Gasteiger charge is -2.22. The highest BCUT2D eigenvalue weighted by Gasteiger charge is 2.07. The van der Waals surface area contributed by atoms with E-state index in [1.165, 1.54) is 11.3 Å². The van der Waals surface area contributed by atoms with Gasteiger partial charge in [-0.15, -0.1) is 0 Å². The summed E-state index contributed by atoms with van der Waals surface area (Å²) in [6.07, 6.45) is 0. The lowest BCUT2D eigenvalue weighted by atomic mass is 10.0. The van der Waals surface area contributed by atoms with E-state index in [1.54, 1.807) is 0 Å². The smallest absolute Gasteiger partial charge is 0.0398 e. The molecule has 0 N–H and O–H groups in total. The second-order valence-electron chi connectivity index (χ2n) is 3.73. The maximum atomic E-state index is 2.29. The molecule has 72 valence electrons. The highest BCUT2D eigenvalue weighted by atomic mass is 15.1. The van der Waals surface area contributed by atoms with Crippen LogP contribution in [-0.2, 0) is 0 Å². The van der Waals surface area contributed by atoms with Crippen molar-refractivity contribution in [2.45, 2.75) is 26.7 Å². The monoisotopic (exact) mass is 177 g/mol. The molecule has 0 atom stereocenters. The van der Waals surface area contributed by atoms with Gasteiger partial charge in [-0.2, -0.15) is 0 Å². The second kappa shape index (κ2) is 4.31. The maximum absolute atomic E-state index is 2.29. The zero-order valence-electron chi connectivity index (χ0n) is 9.04. The zero-order valence-corrected chi connectivity index (χ0v) is 9.04. The molecule has 0 aliphatic rings. The molecule has 13 heavy (non-hydrogen) atoms. The van der Waals surface area contributed by atoms with Gasteiger partial charge in [0, 0.05) is 19.3 Å². The number of nitrogens with zero attached hydrogens (tertiary/aromatic N) is 1. The van der Waals surface area contributed by atoms with E-state index in [-0.39, 0.29) is 0 Å². The van der Waals surface area contributed by atoms with Crippen molar-refractivity contribution in [1.29, 1.82) is 0 Å². The molecule has 0 saturated carbocycles. The van der Waals surface area contributed by atoms with E-state index in [0.29, 0.717) is 5.92 Å². The van der Waals surface area contributed by atoms with Crippen LogP contribution in [0.4, 0.5) is 5.69 Å². The molecule has 0 heterocycles. The first kappa shape index (κ1) is 10.1. The van der Waals surface area contributed by atoms with Crippen molar-refractivity contribution in [3.63, 3.8) is 0 Å². The average molecular weight is 177 g/mol. The van der Waals surface area contributed by atoms with Gasteiger partial charge in [-0.3, -0.25) is 0 Å². The van der Waals surface area contributed by atoms with E-state index < -0.39 is 0 Å². The molecule has 0 aliphatic heterocycles. The fourth-order valence-corrected chi connectivity index (χ4v) is 1.49. The zero-order chi connectivity index (χ0) is 9.84. The van der Waals surface area contributed by atoms with Gasteiger partial charge in [0.2, 0.25) is 0 Å². The third-order valence-electron chi connectivity index (χ3n) is 2.44. The maximum Gasteiger partial charge on any atom is 0.0398 e. The minimum atomic E-state index is 0.602. The first-order chi connectivity index (χ1) is 6.16. The van der Waals surface area contributed by atoms with E-state index in [0.717, 1.165) is 6.54 Å². The predicted molar refractivity (Wildman–Crippen MR) is 59.5 cm³/mol. The second-order valence-corrected chi connectivity index (χ2v) is 3.73. The molecular weight excluding hydrogens is 158 g/mol. The van der Waals surface area contributed by atoms with Gasteiger partial charge in [0.1, 0.15) is 0 Å². The fourth-order valence-electron chi connectivity index (χ4n) is 1.49. The summed E-state index contributed by atoms with van der Waals surface area (Å²) in [4.78, 5) is 2.29. The van der Waals surface area contributed by atoms with Gasteiger partial charge in [-0.05, 0) is 24.5 Å². The Morgan fingerprint density at radius 1 is 1.23 bits per heavy atom. The van der Waals surface area contributed by atoms with Crippen LogP contribution in [0.15, 0.2) is 24.3 Å². The summed E-state index contributed by atoms with van der Waals surface area (Å²) in [5.74, 6) is 0.602. The Bertz CT molecular complexity index is 266. The molecule has 0 aromatic heterocycles. The van der Waals surface area contributed by atoms with E-state index in [1.807, 2.05) is 0 Å². The Morgan fingerprint density at radius 3 is 2.38 bits per heavy atom. The van der Waals surface area contributed by atoms with Crippen LogP contribution in [0, 0.1) is 0 Å². The summed E-state index contributed by atoms with van der Waals surface area (Å²) >= 11 is 0. The molecule has 0 amide bonds. The topological polar surface area (TPSA) is 3.24 Å². The van der Waals surface area contributed by atoms with E-state index >= 15 is 0 Å². The Labute approximate surface area is 81.4 Å². The van der Waals surface area contributed by atoms with E-state index in [9.17, 15) is 0 Å². The van der Waals surface area contributed by atoms with Gasteiger partial charge in [-0.25, -0.2) is 0 Å². The van der Waals surface area contributed by atoms with E-state index in [2.05, 4.69) is 57.0 Å². The van der Waals surface area contributed by atoms with Crippen molar-refractivity contribution in [2.24, 2.45) is 0 Å². The third-order valence-corrected chi connectivity index (χ3v) is 2.44. The molecule has 0 unspecified atom stereocenters. The lowest BCUT2D eigenvalue weighted by molar-refractivity contribution is 0.847. The number of para-hydroxylation sites is 1. The molecule has 1 rings (SSSR count). The molecule has 0 saturated heterocycles. The number of anilines is 1. The van der Waals surface area contributed by atoms with Crippen LogP contribution < -0.4 is 4.90 Å². The third kappa shape index (κ3) is 2.24. The highest BCUT2D eigenvalue weighted by Crippen LogP contribution is 2.25. The number of hydrogen-bond donors (Lipinski definition) is 0. The lowest BCUT2D eigenvalue weighted by Crippen LogP contribution is -2.17. The Morgan fingerprint density at radius 2 is 1.85 bits per heavy atom. The van der Waals surface area contributed by atoms with Crippen LogP contribution in [0.1, 0.15) is 32.3 Å². The van der Waals surface area contributed by atoms with Crippen molar-refractivity contribution in [3.05, 3.63) is 29.8 Å². The Hall–Kier alpha value is -0.980. The summed E-state index contributed by atoms with van der Waals surface area (Å²) in [7, 11) is 2.14. The van der Waals surface area contributed by atoms with Crippen molar-refractivity contribution in [2.75, 3.05) is 18.5 Å². The molecule has 0 bridgehead atoms. The largest absolute Gasteiger partial charge is 0.375 e. The molecule has 0 fully saturated rings. The first-order valence-electron chi connectivity index (χ1n) is 4.96. The predicted octanol–water partition coefficient (Wildman–Crippen LogP) is 3.27. The SMILES string of the molecule is CCN(C)c1ccccc1C(C)C. The van der Waals surface area contributed by atoms with Gasteiger partial charge in [0.15, 0.2) is 0 Å². The first-order valence-corrected chi connectivity index (χ1v) is 4.96. The quantitative estimate of drug-likeness (QED) is 0.685. The Balaban J connectivity index is 3.04. The van der Waals surface area contributed by atoms with E-state index in [4.69, 9.17) is 0 Å². The minimum Gasteiger partial charge on any atom is -0.375 e. The average Bonchev–Trinajstić information content (AvgIpc) is 2.16. The van der Waals surface area contributed by atoms with Gasteiger partial charge < -0.3 is 4.90 Å². The standard InChI is InChI=1S/C12H19N/c1-5-13(4)12-9-7-6-8-11(12)10(2)3/h6-10H,5H2,1-4H3. The van der Waals surface area contributed by atoms with Crippen molar-refractivity contribution >= 4 is 5.69 Å². The van der Waals surface area contributed by atoms with Gasteiger partial charge in [-0.1, -0.05) is 32.0 Å². The summed E-state index contributed by atoms with van der Waals surface area (Å²) in [5, 5.41) is 0. The van der Waals surface area contributed by atoms with Crippen molar-refractivity contribution < 1.29 is 0 Å². The van der Waals surface area contributed by atoms with Crippen molar-refractivity contribution in [1.82, 2.24) is 0 Å².